The summed E-state index contributed by atoms with van der Waals surface area (Å²) in [6.07, 6.45) is 0.103. The SMILES string of the molecule is CC[C@@H]1O[C@@H](OC(C)=O)C(N=[N+]=[N-])[C@@H](C)[C@@H]1C. The normalized spacial score (nSPS) is 37.1. The van der Waals surface area contributed by atoms with Crippen LogP contribution in [0, 0.1) is 11.8 Å². The lowest BCUT2D eigenvalue weighted by atomic mass is 9.81. The second-order valence-electron chi connectivity index (χ2n) is 4.47. The van der Waals surface area contributed by atoms with E-state index in [4.69, 9.17) is 15.0 Å². The highest BCUT2D eigenvalue weighted by atomic mass is 16.7. The molecule has 17 heavy (non-hydrogen) atoms. The minimum Gasteiger partial charge on any atom is -0.435 e. The first-order valence-electron chi connectivity index (χ1n) is 5.88. The van der Waals surface area contributed by atoms with Gasteiger partial charge in [-0.2, -0.15) is 0 Å². The quantitative estimate of drug-likeness (QED) is 0.329. The van der Waals surface area contributed by atoms with Gasteiger partial charge in [-0.3, -0.25) is 4.79 Å². The molecule has 0 amide bonds. The fraction of sp³-hybridized carbons (Fsp3) is 0.909. The fourth-order valence-electron chi connectivity index (χ4n) is 2.22. The maximum Gasteiger partial charge on any atom is 0.304 e. The van der Waals surface area contributed by atoms with E-state index in [1.54, 1.807) is 0 Å². The van der Waals surface area contributed by atoms with Crippen LogP contribution >= 0.6 is 0 Å². The molecular weight excluding hydrogens is 222 g/mol. The van der Waals surface area contributed by atoms with Crippen LogP contribution in [0.3, 0.4) is 0 Å². The van der Waals surface area contributed by atoms with E-state index in [9.17, 15) is 4.79 Å². The minimum atomic E-state index is -0.764. The first kappa shape index (κ1) is 13.8. The Hall–Kier alpha value is -1.26. The van der Waals surface area contributed by atoms with E-state index in [2.05, 4.69) is 16.9 Å². The summed E-state index contributed by atoms with van der Waals surface area (Å²) >= 11 is 0. The van der Waals surface area contributed by atoms with Crippen molar-refractivity contribution in [3.8, 4) is 0 Å². The summed E-state index contributed by atoms with van der Waals surface area (Å²) in [4.78, 5) is 13.8. The Balaban J connectivity index is 2.89. The molecule has 1 aliphatic heterocycles. The number of nitrogens with zero attached hydrogens (tertiary/aromatic N) is 3. The average molecular weight is 241 g/mol. The van der Waals surface area contributed by atoms with Gasteiger partial charge >= 0.3 is 5.97 Å². The molecule has 1 unspecified atom stereocenters. The van der Waals surface area contributed by atoms with Gasteiger partial charge in [-0.25, -0.2) is 0 Å². The van der Waals surface area contributed by atoms with Gasteiger partial charge < -0.3 is 9.47 Å². The Bertz CT molecular complexity index is 328. The van der Waals surface area contributed by atoms with E-state index in [-0.39, 0.29) is 17.9 Å². The maximum absolute atomic E-state index is 11.0. The highest BCUT2D eigenvalue weighted by molar-refractivity contribution is 5.66. The van der Waals surface area contributed by atoms with Crippen molar-refractivity contribution in [1.29, 1.82) is 0 Å². The molecule has 0 saturated carbocycles. The molecule has 1 saturated heterocycles. The third-order valence-electron chi connectivity index (χ3n) is 3.41. The highest BCUT2D eigenvalue weighted by Gasteiger charge is 2.41. The van der Waals surface area contributed by atoms with Crippen molar-refractivity contribution in [3.63, 3.8) is 0 Å². The summed E-state index contributed by atoms with van der Waals surface area (Å²) in [5.41, 5.74) is 8.56. The van der Waals surface area contributed by atoms with Gasteiger partial charge in [0.05, 0.1) is 6.10 Å². The average Bonchev–Trinajstić information content (AvgIpc) is 2.27. The van der Waals surface area contributed by atoms with Crippen LogP contribution in [0.15, 0.2) is 5.11 Å². The van der Waals surface area contributed by atoms with E-state index < -0.39 is 18.3 Å². The molecule has 1 heterocycles. The number of ether oxygens (including phenoxy) is 2. The van der Waals surface area contributed by atoms with Crippen molar-refractivity contribution < 1.29 is 14.3 Å². The summed E-state index contributed by atoms with van der Waals surface area (Å²) in [6.45, 7) is 7.39. The van der Waals surface area contributed by atoms with Crippen molar-refractivity contribution >= 4 is 5.97 Å². The third kappa shape index (κ3) is 3.11. The van der Waals surface area contributed by atoms with E-state index in [0.717, 1.165) is 6.42 Å². The van der Waals surface area contributed by atoms with Gasteiger partial charge in [0.2, 0.25) is 6.29 Å². The lowest BCUT2D eigenvalue weighted by molar-refractivity contribution is -0.226. The molecule has 0 aromatic rings. The predicted octanol–water partition coefficient (Wildman–Crippen LogP) is 2.64. The van der Waals surface area contributed by atoms with Gasteiger partial charge in [0.25, 0.3) is 0 Å². The van der Waals surface area contributed by atoms with Gasteiger partial charge in [-0.15, -0.1) is 0 Å². The minimum absolute atomic E-state index is 0.0273. The second kappa shape index (κ2) is 5.89. The smallest absolute Gasteiger partial charge is 0.304 e. The van der Waals surface area contributed by atoms with Crippen molar-refractivity contribution in [2.24, 2.45) is 17.0 Å². The number of esters is 1. The fourth-order valence-corrected chi connectivity index (χ4v) is 2.22. The zero-order valence-electron chi connectivity index (χ0n) is 10.7. The highest BCUT2D eigenvalue weighted by Crippen LogP contribution is 2.34. The number of azide groups is 1. The van der Waals surface area contributed by atoms with Crippen LogP contribution < -0.4 is 0 Å². The summed E-state index contributed by atoms with van der Waals surface area (Å²) < 4.78 is 10.8. The van der Waals surface area contributed by atoms with Crippen molar-refractivity contribution in [1.82, 2.24) is 0 Å². The summed E-state index contributed by atoms with van der Waals surface area (Å²) in [6, 6.07) is -0.457. The van der Waals surface area contributed by atoms with Crippen molar-refractivity contribution in [3.05, 3.63) is 10.4 Å². The number of carbonyl (C=O) groups is 1. The van der Waals surface area contributed by atoms with Crippen molar-refractivity contribution in [2.75, 3.05) is 0 Å². The van der Waals surface area contributed by atoms with Crippen molar-refractivity contribution in [2.45, 2.75) is 52.6 Å². The number of carbonyl (C=O) groups excluding carboxylic acids is 1. The van der Waals surface area contributed by atoms with Crippen LogP contribution in [0.1, 0.15) is 34.1 Å². The Labute approximate surface area is 101 Å². The standard InChI is InChI=1S/C11H19N3O3/c1-5-9-6(2)7(3)10(13-14-12)11(17-9)16-8(4)15/h6-7,9-11H,5H2,1-4H3/t6-,7-,9-,10?,11+/m0/s1. The van der Waals surface area contributed by atoms with Gasteiger partial charge in [0, 0.05) is 11.8 Å². The monoisotopic (exact) mass is 241 g/mol. The molecule has 0 aliphatic carbocycles. The molecule has 1 fully saturated rings. The lowest BCUT2D eigenvalue weighted by Crippen LogP contribution is -2.49. The molecule has 6 heteroatoms. The zero-order chi connectivity index (χ0) is 13.0. The van der Waals surface area contributed by atoms with Crippen LogP contribution in [0.2, 0.25) is 0 Å². The Morgan fingerprint density at radius 3 is 2.59 bits per heavy atom. The predicted molar refractivity (Wildman–Crippen MR) is 62.0 cm³/mol. The number of hydrogen-bond acceptors (Lipinski definition) is 4. The largest absolute Gasteiger partial charge is 0.435 e. The molecule has 0 N–H and O–H groups in total. The molecule has 0 aromatic carbocycles. The van der Waals surface area contributed by atoms with E-state index in [1.807, 2.05) is 13.8 Å². The summed E-state index contributed by atoms with van der Waals surface area (Å²) in [5, 5.41) is 3.70. The van der Waals surface area contributed by atoms with E-state index in [1.165, 1.54) is 6.92 Å². The molecule has 0 bridgehead atoms. The Morgan fingerprint density at radius 2 is 2.12 bits per heavy atom. The molecule has 6 nitrogen and oxygen atoms in total. The molecule has 5 atom stereocenters. The molecule has 0 spiro atoms. The molecule has 0 aromatic heterocycles. The van der Waals surface area contributed by atoms with Crippen LogP contribution in [0.5, 0.6) is 0 Å². The second-order valence-corrected chi connectivity index (χ2v) is 4.47. The number of hydrogen-bond donors (Lipinski definition) is 0. The summed E-state index contributed by atoms with van der Waals surface area (Å²) in [7, 11) is 0. The van der Waals surface area contributed by atoms with Crippen LogP contribution in [-0.4, -0.2) is 24.4 Å². The topological polar surface area (TPSA) is 84.3 Å². The molecule has 1 rings (SSSR count). The maximum atomic E-state index is 11.0. The molecule has 96 valence electrons. The third-order valence-corrected chi connectivity index (χ3v) is 3.41. The molecule has 0 radical (unpaired) electrons. The molecular formula is C11H19N3O3. The van der Waals surface area contributed by atoms with Gasteiger partial charge in [0.15, 0.2) is 0 Å². The van der Waals surface area contributed by atoms with Crippen LogP contribution in [0.25, 0.3) is 10.4 Å². The first-order chi connectivity index (χ1) is 8.01. The summed E-state index contributed by atoms with van der Waals surface area (Å²) in [5.74, 6) is -0.0407. The van der Waals surface area contributed by atoms with E-state index >= 15 is 0 Å². The van der Waals surface area contributed by atoms with Crippen LogP contribution in [-0.2, 0) is 14.3 Å². The van der Waals surface area contributed by atoms with Gasteiger partial charge in [-0.05, 0) is 23.8 Å². The Morgan fingerprint density at radius 1 is 1.47 bits per heavy atom. The lowest BCUT2D eigenvalue weighted by Gasteiger charge is -2.42. The van der Waals surface area contributed by atoms with Crippen LogP contribution in [0.4, 0.5) is 0 Å². The number of rotatable bonds is 3. The Kier molecular flexibility index (Phi) is 4.78. The zero-order valence-corrected chi connectivity index (χ0v) is 10.7. The first-order valence-corrected chi connectivity index (χ1v) is 5.88. The van der Waals surface area contributed by atoms with E-state index in [0.29, 0.717) is 0 Å². The molecule has 1 aliphatic rings. The van der Waals surface area contributed by atoms with Gasteiger partial charge in [0.1, 0.15) is 6.04 Å². The van der Waals surface area contributed by atoms with Gasteiger partial charge in [-0.1, -0.05) is 25.9 Å².